The number of ether oxygens (including phenoxy) is 1. The summed E-state index contributed by atoms with van der Waals surface area (Å²) in [5.74, 6) is 0.419. The Kier molecular flexibility index (Phi) is 4.92. The third-order valence-corrected chi connectivity index (χ3v) is 3.38. The molecular formula is C13H18ClN5O. The van der Waals surface area contributed by atoms with Crippen molar-refractivity contribution in [3.8, 4) is 5.69 Å². The monoisotopic (exact) mass is 295 g/mol. The van der Waals surface area contributed by atoms with Gasteiger partial charge in [-0.25, -0.2) is 4.68 Å². The molecule has 0 amide bonds. The highest BCUT2D eigenvalue weighted by molar-refractivity contribution is 6.33. The van der Waals surface area contributed by atoms with Crippen LogP contribution in [0.4, 0.5) is 5.69 Å². The van der Waals surface area contributed by atoms with Crippen molar-refractivity contribution in [2.24, 2.45) is 5.92 Å². The molecule has 0 saturated carbocycles. The van der Waals surface area contributed by atoms with E-state index in [-0.39, 0.29) is 6.04 Å². The smallest absolute Gasteiger partial charge is 0.143 e. The first-order valence-corrected chi connectivity index (χ1v) is 6.78. The molecule has 1 N–H and O–H groups in total. The van der Waals surface area contributed by atoms with Gasteiger partial charge in [0.1, 0.15) is 6.33 Å². The van der Waals surface area contributed by atoms with Crippen LogP contribution in [0, 0.1) is 5.92 Å². The lowest BCUT2D eigenvalue weighted by Crippen LogP contribution is -2.30. The highest BCUT2D eigenvalue weighted by Gasteiger charge is 2.15. The van der Waals surface area contributed by atoms with Crippen molar-refractivity contribution < 1.29 is 4.74 Å². The topological polar surface area (TPSA) is 64.9 Å². The predicted octanol–water partition coefficient (Wildman–Crippen LogP) is 2.40. The van der Waals surface area contributed by atoms with Crippen LogP contribution in [0.15, 0.2) is 24.5 Å². The quantitative estimate of drug-likeness (QED) is 0.886. The Morgan fingerprint density at radius 3 is 2.80 bits per heavy atom. The Balaban J connectivity index is 2.24. The summed E-state index contributed by atoms with van der Waals surface area (Å²) in [6.45, 7) is 4.88. The third kappa shape index (κ3) is 3.46. The molecule has 6 nitrogen and oxygen atoms in total. The second-order valence-corrected chi connectivity index (χ2v) is 5.28. The van der Waals surface area contributed by atoms with Crippen LogP contribution in [-0.4, -0.2) is 40.0 Å². The lowest BCUT2D eigenvalue weighted by Gasteiger charge is -2.23. The van der Waals surface area contributed by atoms with Gasteiger partial charge >= 0.3 is 0 Å². The van der Waals surface area contributed by atoms with Gasteiger partial charge in [0.2, 0.25) is 0 Å². The van der Waals surface area contributed by atoms with E-state index in [1.165, 1.54) is 0 Å². The van der Waals surface area contributed by atoms with Gasteiger partial charge in [-0.2, -0.15) is 0 Å². The van der Waals surface area contributed by atoms with Crippen molar-refractivity contribution in [1.82, 2.24) is 20.2 Å². The lowest BCUT2D eigenvalue weighted by atomic mass is 10.0. The van der Waals surface area contributed by atoms with Gasteiger partial charge in [-0.05, 0) is 34.5 Å². The number of nitrogens with one attached hydrogen (secondary N) is 1. The second kappa shape index (κ2) is 6.67. The first kappa shape index (κ1) is 14.7. The number of hydrogen-bond acceptors (Lipinski definition) is 5. The molecule has 0 bridgehead atoms. The molecule has 1 aromatic carbocycles. The SMILES string of the molecule is COCC(Nc1cc(-n2cnnn2)ccc1Cl)C(C)C. The average molecular weight is 296 g/mol. The van der Waals surface area contributed by atoms with E-state index in [0.717, 1.165) is 11.4 Å². The van der Waals surface area contributed by atoms with Crippen LogP contribution in [0.3, 0.4) is 0 Å². The second-order valence-electron chi connectivity index (χ2n) is 4.87. The molecule has 0 aliphatic carbocycles. The van der Waals surface area contributed by atoms with Gasteiger partial charge in [0.15, 0.2) is 0 Å². The van der Waals surface area contributed by atoms with Crippen LogP contribution in [-0.2, 0) is 4.74 Å². The summed E-state index contributed by atoms with van der Waals surface area (Å²) in [4.78, 5) is 0. The molecule has 1 heterocycles. The molecule has 1 aromatic heterocycles. The maximum atomic E-state index is 6.24. The first-order valence-electron chi connectivity index (χ1n) is 6.40. The van der Waals surface area contributed by atoms with Gasteiger partial charge in [-0.15, -0.1) is 5.10 Å². The Bertz CT molecular complexity index is 544. The van der Waals surface area contributed by atoms with Crippen LogP contribution < -0.4 is 5.32 Å². The molecule has 0 radical (unpaired) electrons. The number of methoxy groups -OCH3 is 1. The molecule has 0 spiro atoms. The summed E-state index contributed by atoms with van der Waals surface area (Å²) in [5, 5.41) is 15.2. The minimum absolute atomic E-state index is 0.182. The van der Waals surface area contributed by atoms with Crippen LogP contribution in [0.5, 0.6) is 0 Å². The molecule has 108 valence electrons. The fourth-order valence-corrected chi connectivity index (χ4v) is 2.00. The molecule has 1 atom stereocenters. The summed E-state index contributed by atoms with van der Waals surface area (Å²) in [7, 11) is 1.69. The normalized spacial score (nSPS) is 12.7. The summed E-state index contributed by atoms with van der Waals surface area (Å²) in [6, 6.07) is 5.79. The van der Waals surface area contributed by atoms with Crippen molar-refractivity contribution in [2.45, 2.75) is 19.9 Å². The van der Waals surface area contributed by atoms with Crippen LogP contribution >= 0.6 is 11.6 Å². The summed E-state index contributed by atoms with van der Waals surface area (Å²) < 4.78 is 6.82. The van der Waals surface area contributed by atoms with E-state index >= 15 is 0 Å². The number of hydrogen-bond donors (Lipinski definition) is 1. The number of tetrazole rings is 1. The maximum absolute atomic E-state index is 6.24. The average Bonchev–Trinajstić information content (AvgIpc) is 2.94. The number of benzene rings is 1. The maximum Gasteiger partial charge on any atom is 0.143 e. The zero-order valence-electron chi connectivity index (χ0n) is 11.7. The Labute approximate surface area is 123 Å². The van der Waals surface area contributed by atoms with E-state index in [9.17, 15) is 0 Å². The molecule has 0 saturated heterocycles. The molecule has 1 unspecified atom stereocenters. The largest absolute Gasteiger partial charge is 0.383 e. The van der Waals surface area contributed by atoms with Crippen LogP contribution in [0.1, 0.15) is 13.8 Å². The first-order chi connectivity index (χ1) is 9.61. The van der Waals surface area contributed by atoms with E-state index in [2.05, 4.69) is 34.7 Å². The predicted molar refractivity (Wildman–Crippen MR) is 78.3 cm³/mol. The fourth-order valence-electron chi connectivity index (χ4n) is 1.83. The number of anilines is 1. The van der Waals surface area contributed by atoms with E-state index in [0.29, 0.717) is 17.5 Å². The highest BCUT2D eigenvalue weighted by atomic mass is 35.5. The Morgan fingerprint density at radius 2 is 2.20 bits per heavy atom. The zero-order chi connectivity index (χ0) is 14.5. The van der Waals surface area contributed by atoms with E-state index < -0.39 is 0 Å². The standard InChI is InChI=1S/C13H18ClN5O/c1-9(2)13(7-20-3)16-12-6-10(4-5-11(12)14)19-8-15-17-18-19/h4-6,8-9,13,16H,7H2,1-3H3. The highest BCUT2D eigenvalue weighted by Crippen LogP contribution is 2.26. The van der Waals surface area contributed by atoms with Gasteiger partial charge in [0, 0.05) is 7.11 Å². The zero-order valence-corrected chi connectivity index (χ0v) is 12.5. The Morgan fingerprint density at radius 1 is 1.40 bits per heavy atom. The van der Waals surface area contributed by atoms with Gasteiger partial charge in [-0.3, -0.25) is 0 Å². The number of rotatable bonds is 6. The molecule has 0 aliphatic rings. The number of nitrogens with zero attached hydrogens (tertiary/aromatic N) is 4. The van der Waals surface area contributed by atoms with Gasteiger partial charge in [0.25, 0.3) is 0 Å². The molecule has 0 fully saturated rings. The summed E-state index contributed by atoms with van der Waals surface area (Å²) >= 11 is 6.24. The molecule has 7 heteroatoms. The lowest BCUT2D eigenvalue weighted by molar-refractivity contribution is 0.171. The van der Waals surface area contributed by atoms with Crippen molar-refractivity contribution in [1.29, 1.82) is 0 Å². The van der Waals surface area contributed by atoms with Crippen LogP contribution in [0.25, 0.3) is 5.69 Å². The summed E-state index contributed by atoms with van der Waals surface area (Å²) in [6.07, 6.45) is 1.54. The van der Waals surface area contributed by atoms with E-state index in [1.54, 1.807) is 18.1 Å². The Hall–Kier alpha value is -1.66. The van der Waals surface area contributed by atoms with Crippen molar-refractivity contribution in [3.63, 3.8) is 0 Å². The number of aromatic nitrogens is 4. The molecule has 20 heavy (non-hydrogen) atoms. The van der Waals surface area contributed by atoms with Crippen molar-refractivity contribution >= 4 is 17.3 Å². The minimum Gasteiger partial charge on any atom is -0.383 e. The molecule has 0 aliphatic heterocycles. The van der Waals surface area contributed by atoms with E-state index in [4.69, 9.17) is 16.3 Å². The summed E-state index contributed by atoms with van der Waals surface area (Å²) in [5.41, 5.74) is 1.69. The van der Waals surface area contributed by atoms with Gasteiger partial charge in [-0.1, -0.05) is 25.4 Å². The molecule has 2 rings (SSSR count). The van der Waals surface area contributed by atoms with Gasteiger partial charge in [0.05, 0.1) is 29.0 Å². The number of halogens is 1. The van der Waals surface area contributed by atoms with Crippen molar-refractivity contribution in [2.75, 3.05) is 19.0 Å². The fraction of sp³-hybridized carbons (Fsp3) is 0.462. The minimum atomic E-state index is 0.182. The van der Waals surface area contributed by atoms with Crippen LogP contribution in [0.2, 0.25) is 5.02 Å². The van der Waals surface area contributed by atoms with Gasteiger partial charge < -0.3 is 10.1 Å². The third-order valence-electron chi connectivity index (χ3n) is 3.06. The van der Waals surface area contributed by atoms with Crippen molar-refractivity contribution in [3.05, 3.63) is 29.5 Å². The van der Waals surface area contributed by atoms with E-state index in [1.807, 2.05) is 18.2 Å². The molecule has 2 aromatic rings. The molecular weight excluding hydrogens is 278 g/mol.